The van der Waals surface area contributed by atoms with Gasteiger partial charge in [0.2, 0.25) is 0 Å². The number of likely N-dealkylation sites (tertiary alicyclic amines) is 1. The van der Waals surface area contributed by atoms with E-state index in [1.807, 2.05) is 7.05 Å². The molecular weight excluding hydrogens is 316 g/mol. The van der Waals surface area contributed by atoms with E-state index in [1.54, 1.807) is 11.1 Å². The van der Waals surface area contributed by atoms with Gasteiger partial charge < -0.3 is 10.2 Å². The number of hydrogen-bond acceptors (Lipinski definition) is 2. The van der Waals surface area contributed by atoms with Gasteiger partial charge in [-0.2, -0.15) is 0 Å². The lowest BCUT2D eigenvalue weighted by Crippen LogP contribution is -2.34. The van der Waals surface area contributed by atoms with Crippen molar-refractivity contribution in [3.63, 3.8) is 0 Å². The molecule has 0 bridgehead atoms. The molecule has 4 rings (SSSR count). The van der Waals surface area contributed by atoms with E-state index in [0.29, 0.717) is 0 Å². The Hall–Kier alpha value is -1.80. The Bertz CT molecular complexity index is 701. The van der Waals surface area contributed by atoms with Crippen molar-refractivity contribution in [3.05, 3.63) is 65.2 Å². The van der Waals surface area contributed by atoms with E-state index in [2.05, 4.69) is 58.7 Å². The average molecular weight is 349 g/mol. The fourth-order valence-corrected chi connectivity index (χ4v) is 4.81. The zero-order chi connectivity index (χ0) is 17.8. The van der Waals surface area contributed by atoms with Crippen LogP contribution in [0.3, 0.4) is 0 Å². The van der Waals surface area contributed by atoms with Gasteiger partial charge in [-0.05, 0) is 98.8 Å². The minimum absolute atomic E-state index is 0.773. The van der Waals surface area contributed by atoms with Gasteiger partial charge in [-0.25, -0.2) is 0 Å². The van der Waals surface area contributed by atoms with E-state index < -0.39 is 0 Å². The topological polar surface area (TPSA) is 15.3 Å². The first-order chi connectivity index (χ1) is 12.8. The number of nitrogens with one attached hydrogen (secondary N) is 1. The lowest BCUT2D eigenvalue weighted by Gasteiger charge is -2.34. The van der Waals surface area contributed by atoms with E-state index in [9.17, 15) is 0 Å². The molecule has 2 aromatic rings. The molecule has 138 valence electrons. The van der Waals surface area contributed by atoms with Crippen LogP contribution in [0.15, 0.2) is 48.5 Å². The second-order valence-electron chi connectivity index (χ2n) is 8.16. The molecule has 26 heavy (non-hydrogen) atoms. The van der Waals surface area contributed by atoms with Crippen molar-refractivity contribution < 1.29 is 0 Å². The summed E-state index contributed by atoms with van der Waals surface area (Å²) in [5, 5.41) is 3.27. The number of rotatable bonds is 5. The van der Waals surface area contributed by atoms with E-state index in [-0.39, 0.29) is 0 Å². The highest BCUT2D eigenvalue weighted by molar-refractivity contribution is 5.49. The standard InChI is InChI=1S/C24H32N2/c1-25-24-10-9-22-17-19(7-8-23(22)18-24)11-14-26-15-12-21(13-16-26)20-5-3-2-4-6-20/h2-6,9-10,18-19,21,25H,7-8,11-17H2,1H3. The first kappa shape index (κ1) is 17.6. The third kappa shape index (κ3) is 4.12. The smallest absolute Gasteiger partial charge is 0.0340 e. The molecule has 2 nitrogen and oxygen atoms in total. The summed E-state index contributed by atoms with van der Waals surface area (Å²) in [5.74, 6) is 1.64. The number of fused-ring (bicyclic) bond motifs is 1. The summed E-state index contributed by atoms with van der Waals surface area (Å²) in [7, 11) is 2.01. The third-order valence-corrected chi connectivity index (χ3v) is 6.54. The molecule has 1 saturated heterocycles. The largest absolute Gasteiger partial charge is 0.388 e. The van der Waals surface area contributed by atoms with E-state index in [1.165, 1.54) is 69.4 Å². The van der Waals surface area contributed by atoms with Crippen LogP contribution in [-0.4, -0.2) is 31.6 Å². The van der Waals surface area contributed by atoms with Crippen LogP contribution in [0.1, 0.15) is 48.3 Å². The summed E-state index contributed by atoms with van der Waals surface area (Å²) in [6.45, 7) is 3.83. The van der Waals surface area contributed by atoms with Crippen LogP contribution in [0.2, 0.25) is 0 Å². The van der Waals surface area contributed by atoms with Crippen LogP contribution in [-0.2, 0) is 12.8 Å². The molecule has 1 aliphatic carbocycles. The van der Waals surface area contributed by atoms with Gasteiger partial charge >= 0.3 is 0 Å². The van der Waals surface area contributed by atoms with Crippen molar-refractivity contribution >= 4 is 5.69 Å². The molecule has 2 aromatic carbocycles. The average Bonchev–Trinajstić information content (AvgIpc) is 2.72. The van der Waals surface area contributed by atoms with Crippen molar-refractivity contribution in [3.8, 4) is 0 Å². The van der Waals surface area contributed by atoms with Gasteiger partial charge in [-0.15, -0.1) is 0 Å². The lowest BCUT2D eigenvalue weighted by molar-refractivity contribution is 0.195. The number of nitrogens with zero attached hydrogens (tertiary/aromatic N) is 1. The highest BCUT2D eigenvalue weighted by Gasteiger charge is 2.23. The Balaban J connectivity index is 1.24. The predicted octanol–water partition coefficient (Wildman–Crippen LogP) is 5.10. The normalized spacial score (nSPS) is 21.3. The molecule has 1 fully saturated rings. The van der Waals surface area contributed by atoms with Crippen molar-refractivity contribution in [1.29, 1.82) is 0 Å². The quantitative estimate of drug-likeness (QED) is 0.808. The molecule has 0 spiro atoms. The van der Waals surface area contributed by atoms with Crippen LogP contribution in [0.4, 0.5) is 5.69 Å². The van der Waals surface area contributed by atoms with Crippen LogP contribution >= 0.6 is 0 Å². The number of aryl methyl sites for hydroxylation is 1. The molecular formula is C24H32N2. The first-order valence-corrected chi connectivity index (χ1v) is 10.4. The van der Waals surface area contributed by atoms with Crippen LogP contribution in [0, 0.1) is 5.92 Å². The minimum Gasteiger partial charge on any atom is -0.388 e. The highest BCUT2D eigenvalue weighted by Crippen LogP contribution is 2.31. The SMILES string of the molecule is CNc1ccc2c(c1)CCC(CCN1CCC(c3ccccc3)CC1)C2. The molecule has 1 unspecified atom stereocenters. The third-order valence-electron chi connectivity index (χ3n) is 6.54. The lowest BCUT2D eigenvalue weighted by atomic mass is 9.82. The van der Waals surface area contributed by atoms with E-state index >= 15 is 0 Å². The van der Waals surface area contributed by atoms with Gasteiger partial charge in [0.25, 0.3) is 0 Å². The summed E-state index contributed by atoms with van der Waals surface area (Å²) in [6, 6.07) is 18.0. The van der Waals surface area contributed by atoms with Crippen molar-refractivity contribution in [1.82, 2.24) is 4.90 Å². The summed E-state index contributed by atoms with van der Waals surface area (Å²) >= 11 is 0. The molecule has 1 atom stereocenters. The minimum atomic E-state index is 0.773. The zero-order valence-corrected chi connectivity index (χ0v) is 16.1. The van der Waals surface area contributed by atoms with Crippen molar-refractivity contribution in [2.75, 3.05) is 32.0 Å². The van der Waals surface area contributed by atoms with Crippen molar-refractivity contribution in [2.24, 2.45) is 5.92 Å². The van der Waals surface area contributed by atoms with Crippen molar-refractivity contribution in [2.45, 2.75) is 44.4 Å². The Morgan fingerprint density at radius 1 is 0.962 bits per heavy atom. The number of hydrogen-bond donors (Lipinski definition) is 1. The molecule has 0 amide bonds. The fraction of sp³-hybridized carbons (Fsp3) is 0.500. The molecule has 1 heterocycles. The Kier molecular flexibility index (Phi) is 5.59. The first-order valence-electron chi connectivity index (χ1n) is 10.4. The van der Waals surface area contributed by atoms with Crippen LogP contribution in [0.5, 0.6) is 0 Å². The molecule has 1 N–H and O–H groups in total. The Morgan fingerprint density at radius 3 is 2.54 bits per heavy atom. The zero-order valence-electron chi connectivity index (χ0n) is 16.1. The maximum atomic E-state index is 3.27. The molecule has 1 aliphatic heterocycles. The molecule has 0 saturated carbocycles. The maximum Gasteiger partial charge on any atom is 0.0340 e. The van der Waals surface area contributed by atoms with Gasteiger partial charge in [0.15, 0.2) is 0 Å². The summed E-state index contributed by atoms with van der Waals surface area (Å²) in [5.41, 5.74) is 5.94. The van der Waals surface area contributed by atoms with Gasteiger partial charge in [-0.1, -0.05) is 36.4 Å². The summed E-state index contributed by atoms with van der Waals surface area (Å²) in [6.07, 6.45) is 7.91. The van der Waals surface area contributed by atoms with Crippen LogP contribution < -0.4 is 5.32 Å². The second kappa shape index (κ2) is 8.26. The molecule has 2 heteroatoms. The molecule has 2 aliphatic rings. The van der Waals surface area contributed by atoms with E-state index in [4.69, 9.17) is 0 Å². The highest BCUT2D eigenvalue weighted by atomic mass is 15.1. The summed E-state index contributed by atoms with van der Waals surface area (Å²) < 4.78 is 0. The van der Waals surface area contributed by atoms with Gasteiger partial charge in [0, 0.05) is 12.7 Å². The number of anilines is 1. The molecule has 0 radical (unpaired) electrons. The molecule has 0 aromatic heterocycles. The number of piperidine rings is 1. The number of benzene rings is 2. The van der Waals surface area contributed by atoms with Crippen LogP contribution in [0.25, 0.3) is 0 Å². The fourth-order valence-electron chi connectivity index (χ4n) is 4.81. The monoisotopic (exact) mass is 348 g/mol. The Labute approximate surface area is 158 Å². The maximum absolute atomic E-state index is 3.27. The van der Waals surface area contributed by atoms with Gasteiger partial charge in [0.05, 0.1) is 0 Å². The summed E-state index contributed by atoms with van der Waals surface area (Å²) in [4.78, 5) is 2.71. The Morgan fingerprint density at radius 2 is 1.77 bits per heavy atom. The van der Waals surface area contributed by atoms with Gasteiger partial charge in [0.1, 0.15) is 0 Å². The van der Waals surface area contributed by atoms with Gasteiger partial charge in [-0.3, -0.25) is 0 Å². The predicted molar refractivity (Wildman–Crippen MR) is 111 cm³/mol. The second-order valence-corrected chi connectivity index (χ2v) is 8.16. The van der Waals surface area contributed by atoms with E-state index in [0.717, 1.165) is 11.8 Å².